The fourth-order valence-corrected chi connectivity index (χ4v) is 4.91. The summed E-state index contributed by atoms with van der Waals surface area (Å²) in [5.74, 6) is -0.356. The standard InChI is InChI=1S/C17H20N2O3S2/c1-4-17(20)19-15(14-8-6-5-7-9-14)11-18-24(21,22)16-10-12(2)23-13(16)3/h4-10,15,18H,1,11H2,2-3H3,(H,19,20). The Hall–Kier alpha value is -1.96. The Morgan fingerprint density at radius 2 is 1.96 bits per heavy atom. The lowest BCUT2D eigenvalue weighted by molar-refractivity contribution is -0.117. The number of benzene rings is 1. The van der Waals surface area contributed by atoms with E-state index in [4.69, 9.17) is 0 Å². The smallest absolute Gasteiger partial charge is 0.243 e. The van der Waals surface area contributed by atoms with Gasteiger partial charge in [-0.25, -0.2) is 13.1 Å². The average Bonchev–Trinajstić information content (AvgIpc) is 2.91. The SMILES string of the molecule is C=CC(=O)NC(CNS(=O)(=O)c1cc(C)sc1C)c1ccccc1. The van der Waals surface area contributed by atoms with Gasteiger partial charge >= 0.3 is 0 Å². The monoisotopic (exact) mass is 364 g/mol. The van der Waals surface area contributed by atoms with Crippen molar-refractivity contribution in [3.8, 4) is 0 Å². The van der Waals surface area contributed by atoms with Crippen LogP contribution in [0.15, 0.2) is 53.9 Å². The molecule has 1 unspecified atom stereocenters. The van der Waals surface area contributed by atoms with E-state index in [1.54, 1.807) is 13.0 Å². The van der Waals surface area contributed by atoms with Crippen molar-refractivity contribution in [2.75, 3.05) is 6.54 Å². The van der Waals surface area contributed by atoms with Gasteiger partial charge in [-0.3, -0.25) is 4.79 Å². The summed E-state index contributed by atoms with van der Waals surface area (Å²) in [4.78, 5) is 13.6. The van der Waals surface area contributed by atoms with Gasteiger partial charge in [0.1, 0.15) is 0 Å². The Bertz CT molecular complexity index is 827. The first-order valence-electron chi connectivity index (χ1n) is 7.38. The van der Waals surface area contributed by atoms with Crippen LogP contribution < -0.4 is 10.0 Å². The molecule has 0 spiro atoms. The number of hydrogen-bond donors (Lipinski definition) is 2. The van der Waals surface area contributed by atoms with Crippen LogP contribution in [0, 0.1) is 13.8 Å². The molecule has 0 aliphatic rings. The van der Waals surface area contributed by atoms with E-state index in [1.807, 2.05) is 37.3 Å². The van der Waals surface area contributed by atoms with Crippen LogP contribution in [0.3, 0.4) is 0 Å². The predicted octanol–water partition coefficient (Wildman–Crippen LogP) is 2.69. The molecular weight excluding hydrogens is 344 g/mol. The number of carbonyl (C=O) groups is 1. The van der Waals surface area contributed by atoms with Crippen molar-refractivity contribution < 1.29 is 13.2 Å². The molecule has 2 aromatic rings. The summed E-state index contributed by atoms with van der Waals surface area (Å²) >= 11 is 1.44. The van der Waals surface area contributed by atoms with Gasteiger partial charge in [-0.1, -0.05) is 36.9 Å². The molecule has 0 radical (unpaired) electrons. The van der Waals surface area contributed by atoms with E-state index in [0.717, 1.165) is 21.4 Å². The molecule has 1 amide bonds. The molecule has 128 valence electrons. The molecule has 0 aliphatic carbocycles. The van der Waals surface area contributed by atoms with Crippen molar-refractivity contribution in [3.63, 3.8) is 0 Å². The molecule has 2 N–H and O–H groups in total. The van der Waals surface area contributed by atoms with Gasteiger partial charge in [0.05, 0.1) is 10.9 Å². The number of carbonyl (C=O) groups excluding carboxylic acids is 1. The normalized spacial score (nSPS) is 12.6. The van der Waals surface area contributed by atoms with Crippen LogP contribution in [0.4, 0.5) is 0 Å². The van der Waals surface area contributed by atoms with Gasteiger partial charge in [0.25, 0.3) is 0 Å². The van der Waals surface area contributed by atoms with Crippen molar-refractivity contribution >= 4 is 27.3 Å². The molecule has 1 atom stereocenters. The Kier molecular flexibility index (Phi) is 5.93. The van der Waals surface area contributed by atoms with Gasteiger partial charge in [-0.15, -0.1) is 11.3 Å². The quantitative estimate of drug-likeness (QED) is 0.742. The number of sulfonamides is 1. The maximum atomic E-state index is 12.5. The Morgan fingerprint density at radius 1 is 1.29 bits per heavy atom. The molecule has 2 rings (SSSR count). The van der Waals surface area contributed by atoms with E-state index in [0.29, 0.717) is 0 Å². The molecule has 0 aliphatic heterocycles. The molecule has 1 aromatic carbocycles. The first kappa shape index (κ1) is 18.4. The van der Waals surface area contributed by atoms with Crippen LogP contribution in [-0.4, -0.2) is 20.9 Å². The van der Waals surface area contributed by atoms with Crippen molar-refractivity contribution in [2.24, 2.45) is 0 Å². The molecule has 0 bridgehead atoms. The van der Waals surface area contributed by atoms with Gasteiger partial charge in [0.2, 0.25) is 15.9 Å². The van der Waals surface area contributed by atoms with Crippen LogP contribution in [-0.2, 0) is 14.8 Å². The second-order valence-corrected chi connectivity index (χ2v) is 8.50. The van der Waals surface area contributed by atoms with E-state index < -0.39 is 16.1 Å². The molecule has 1 heterocycles. The highest BCUT2D eigenvalue weighted by atomic mass is 32.2. The molecule has 5 nitrogen and oxygen atoms in total. The van der Waals surface area contributed by atoms with Crippen LogP contribution in [0.25, 0.3) is 0 Å². The van der Waals surface area contributed by atoms with E-state index in [9.17, 15) is 13.2 Å². The third-order valence-electron chi connectivity index (χ3n) is 3.47. The highest BCUT2D eigenvalue weighted by molar-refractivity contribution is 7.89. The van der Waals surface area contributed by atoms with Crippen LogP contribution in [0.2, 0.25) is 0 Å². The number of amides is 1. The number of aryl methyl sites for hydroxylation is 2. The average molecular weight is 364 g/mol. The second-order valence-electron chi connectivity index (χ2n) is 5.31. The predicted molar refractivity (Wildman–Crippen MR) is 96.5 cm³/mol. The lowest BCUT2D eigenvalue weighted by atomic mass is 10.1. The minimum Gasteiger partial charge on any atom is -0.344 e. The molecule has 1 aromatic heterocycles. The minimum absolute atomic E-state index is 0.0558. The van der Waals surface area contributed by atoms with E-state index >= 15 is 0 Å². The summed E-state index contributed by atoms with van der Waals surface area (Å²) in [7, 11) is -3.63. The largest absolute Gasteiger partial charge is 0.344 e. The number of thiophene rings is 1. The van der Waals surface area contributed by atoms with Crippen molar-refractivity contribution in [2.45, 2.75) is 24.8 Å². The molecule has 0 saturated heterocycles. The van der Waals surface area contributed by atoms with E-state index in [1.165, 1.54) is 11.3 Å². The van der Waals surface area contributed by atoms with Gasteiger partial charge in [0.15, 0.2) is 0 Å². The lowest BCUT2D eigenvalue weighted by Gasteiger charge is -2.19. The Morgan fingerprint density at radius 3 is 2.50 bits per heavy atom. The Labute approximate surface area is 146 Å². The maximum Gasteiger partial charge on any atom is 0.243 e. The molecule has 0 fully saturated rings. The molecule has 7 heteroatoms. The summed E-state index contributed by atoms with van der Waals surface area (Å²) < 4.78 is 27.6. The first-order chi connectivity index (χ1) is 11.3. The van der Waals surface area contributed by atoms with Gasteiger partial charge in [0, 0.05) is 16.3 Å². The number of rotatable bonds is 7. The summed E-state index contributed by atoms with van der Waals surface area (Å²) in [5, 5.41) is 2.75. The van der Waals surface area contributed by atoms with Gasteiger partial charge < -0.3 is 5.32 Å². The summed E-state index contributed by atoms with van der Waals surface area (Å²) in [5.41, 5.74) is 0.814. The maximum absolute atomic E-state index is 12.5. The fourth-order valence-electron chi connectivity index (χ4n) is 2.31. The fraction of sp³-hybridized carbons (Fsp3) is 0.235. The van der Waals surface area contributed by atoms with Crippen LogP contribution >= 0.6 is 11.3 Å². The third kappa shape index (κ3) is 4.53. The number of hydrogen-bond acceptors (Lipinski definition) is 4. The lowest BCUT2D eigenvalue weighted by Crippen LogP contribution is -2.37. The zero-order chi connectivity index (χ0) is 17.7. The first-order valence-corrected chi connectivity index (χ1v) is 9.68. The topological polar surface area (TPSA) is 75.3 Å². The van der Waals surface area contributed by atoms with Crippen molar-refractivity contribution in [1.29, 1.82) is 0 Å². The summed E-state index contributed by atoms with van der Waals surface area (Å²) in [6.07, 6.45) is 1.16. The van der Waals surface area contributed by atoms with Gasteiger partial charge in [-0.2, -0.15) is 0 Å². The summed E-state index contributed by atoms with van der Waals surface area (Å²) in [6, 6.07) is 10.4. The van der Waals surface area contributed by atoms with Gasteiger partial charge in [-0.05, 0) is 31.6 Å². The van der Waals surface area contributed by atoms with Crippen molar-refractivity contribution in [1.82, 2.24) is 10.0 Å². The van der Waals surface area contributed by atoms with Crippen LogP contribution in [0.1, 0.15) is 21.4 Å². The minimum atomic E-state index is -3.63. The highest BCUT2D eigenvalue weighted by Crippen LogP contribution is 2.25. The molecular formula is C17H20N2O3S2. The van der Waals surface area contributed by atoms with Crippen molar-refractivity contribution in [3.05, 3.63) is 64.4 Å². The molecule has 0 saturated carbocycles. The zero-order valence-electron chi connectivity index (χ0n) is 13.6. The van der Waals surface area contributed by atoms with Crippen LogP contribution in [0.5, 0.6) is 0 Å². The van der Waals surface area contributed by atoms with E-state index in [2.05, 4.69) is 16.6 Å². The Balaban J connectivity index is 2.19. The number of nitrogens with one attached hydrogen (secondary N) is 2. The highest BCUT2D eigenvalue weighted by Gasteiger charge is 2.22. The third-order valence-corrected chi connectivity index (χ3v) is 6.11. The zero-order valence-corrected chi connectivity index (χ0v) is 15.2. The van der Waals surface area contributed by atoms with E-state index in [-0.39, 0.29) is 17.3 Å². The molecule has 24 heavy (non-hydrogen) atoms. The second kappa shape index (κ2) is 7.74. The summed E-state index contributed by atoms with van der Waals surface area (Å²) in [6.45, 7) is 7.13.